The first kappa shape index (κ1) is 12.9. The van der Waals surface area contributed by atoms with Gasteiger partial charge in [0.2, 0.25) is 0 Å². The molecule has 0 bridgehead atoms. The summed E-state index contributed by atoms with van der Waals surface area (Å²) in [5.74, 6) is -1.29. The van der Waals surface area contributed by atoms with Gasteiger partial charge in [-0.25, -0.2) is 9.59 Å². The van der Waals surface area contributed by atoms with E-state index in [-0.39, 0.29) is 6.54 Å². The number of nitrogens with one attached hydrogen (secondary N) is 2. The molecule has 0 aliphatic heterocycles. The Morgan fingerprint density at radius 2 is 2.24 bits per heavy atom. The maximum atomic E-state index is 11.3. The van der Waals surface area contributed by atoms with Gasteiger partial charge >= 0.3 is 12.0 Å². The standard InChI is InChI=1S/C10H13N3O4/c14-6-8(9(15)16)13-10(17)12-5-7-2-1-3-11-4-7/h1-4,8,14H,5-6H2,(H,15,16)(H2,12,13,17)/t8-/m0/s1. The largest absolute Gasteiger partial charge is 0.480 e. The summed E-state index contributed by atoms with van der Waals surface area (Å²) in [6.07, 6.45) is 3.19. The number of urea groups is 1. The zero-order valence-electron chi connectivity index (χ0n) is 8.96. The molecule has 1 rings (SSSR count). The van der Waals surface area contributed by atoms with Crippen molar-refractivity contribution in [2.45, 2.75) is 12.6 Å². The number of aliphatic hydroxyl groups excluding tert-OH is 1. The molecule has 7 heteroatoms. The highest BCUT2D eigenvalue weighted by molar-refractivity contribution is 5.82. The number of carboxylic acid groups (broad SMARTS) is 1. The molecule has 1 aromatic rings. The number of rotatable bonds is 5. The third-order valence-corrected chi connectivity index (χ3v) is 1.96. The second kappa shape index (κ2) is 6.44. The lowest BCUT2D eigenvalue weighted by atomic mass is 10.3. The number of aromatic nitrogens is 1. The smallest absolute Gasteiger partial charge is 0.328 e. The maximum Gasteiger partial charge on any atom is 0.328 e. The first-order chi connectivity index (χ1) is 8.13. The molecule has 92 valence electrons. The predicted molar refractivity (Wildman–Crippen MR) is 58.1 cm³/mol. The average molecular weight is 239 g/mol. The van der Waals surface area contributed by atoms with Crippen LogP contribution < -0.4 is 10.6 Å². The molecule has 0 unspecified atom stereocenters. The number of hydrogen-bond donors (Lipinski definition) is 4. The van der Waals surface area contributed by atoms with Crippen LogP contribution in [0.2, 0.25) is 0 Å². The van der Waals surface area contributed by atoms with E-state index in [9.17, 15) is 9.59 Å². The van der Waals surface area contributed by atoms with Gasteiger partial charge in [-0.15, -0.1) is 0 Å². The number of carboxylic acids is 1. The van der Waals surface area contributed by atoms with E-state index in [0.717, 1.165) is 5.56 Å². The highest BCUT2D eigenvalue weighted by Crippen LogP contribution is 1.94. The topological polar surface area (TPSA) is 112 Å². The van der Waals surface area contributed by atoms with E-state index in [2.05, 4.69) is 15.6 Å². The van der Waals surface area contributed by atoms with Crippen molar-refractivity contribution in [2.75, 3.05) is 6.61 Å². The van der Waals surface area contributed by atoms with E-state index in [1.165, 1.54) is 0 Å². The Labute approximate surface area is 97.5 Å². The average Bonchev–Trinajstić information content (AvgIpc) is 2.34. The molecular weight excluding hydrogens is 226 g/mol. The van der Waals surface area contributed by atoms with E-state index in [1.54, 1.807) is 24.5 Å². The van der Waals surface area contributed by atoms with Gasteiger partial charge in [-0.3, -0.25) is 4.98 Å². The van der Waals surface area contributed by atoms with Crippen molar-refractivity contribution in [3.05, 3.63) is 30.1 Å². The number of aliphatic hydroxyl groups is 1. The molecule has 0 radical (unpaired) electrons. The predicted octanol–water partition coefficient (Wildman–Crippen LogP) is -0.674. The zero-order valence-corrected chi connectivity index (χ0v) is 8.96. The Hall–Kier alpha value is -2.15. The Morgan fingerprint density at radius 1 is 1.47 bits per heavy atom. The molecule has 4 N–H and O–H groups in total. The SMILES string of the molecule is O=C(NCc1cccnc1)N[C@@H](CO)C(=O)O. The summed E-state index contributed by atoms with van der Waals surface area (Å²) >= 11 is 0. The Kier molecular flexibility index (Phi) is 4.89. The molecule has 0 saturated carbocycles. The minimum atomic E-state index is -1.30. The van der Waals surface area contributed by atoms with Gasteiger partial charge in [-0.1, -0.05) is 6.07 Å². The summed E-state index contributed by atoms with van der Waals surface area (Å²) in [4.78, 5) is 25.7. The number of carbonyl (C=O) groups excluding carboxylic acids is 1. The first-order valence-electron chi connectivity index (χ1n) is 4.90. The zero-order chi connectivity index (χ0) is 12.7. The summed E-state index contributed by atoms with van der Waals surface area (Å²) in [7, 11) is 0. The lowest BCUT2D eigenvalue weighted by molar-refractivity contribution is -0.140. The van der Waals surface area contributed by atoms with Gasteiger partial charge in [0.25, 0.3) is 0 Å². The molecule has 1 heterocycles. The van der Waals surface area contributed by atoms with Gasteiger partial charge in [0.05, 0.1) is 6.61 Å². The van der Waals surface area contributed by atoms with Crippen molar-refractivity contribution < 1.29 is 19.8 Å². The third kappa shape index (κ3) is 4.47. The van der Waals surface area contributed by atoms with Crippen LogP contribution in [0.15, 0.2) is 24.5 Å². The summed E-state index contributed by atoms with van der Waals surface area (Å²) in [5, 5.41) is 21.9. The van der Waals surface area contributed by atoms with Gasteiger partial charge in [0.15, 0.2) is 6.04 Å². The number of carbonyl (C=O) groups is 2. The van der Waals surface area contributed by atoms with Crippen LogP contribution in [0.1, 0.15) is 5.56 Å². The van der Waals surface area contributed by atoms with Crippen molar-refractivity contribution in [3.63, 3.8) is 0 Å². The molecule has 1 aromatic heterocycles. The second-order valence-corrected chi connectivity index (χ2v) is 3.26. The van der Waals surface area contributed by atoms with Crippen LogP contribution in [-0.4, -0.2) is 39.8 Å². The number of hydrogen-bond acceptors (Lipinski definition) is 4. The lowest BCUT2D eigenvalue weighted by Gasteiger charge is -2.12. The minimum Gasteiger partial charge on any atom is -0.480 e. The molecule has 0 aliphatic rings. The quantitative estimate of drug-likeness (QED) is 0.544. The fourth-order valence-corrected chi connectivity index (χ4v) is 1.08. The number of pyridine rings is 1. The molecule has 1 atom stereocenters. The summed E-state index contributed by atoms with van der Waals surface area (Å²) < 4.78 is 0. The fourth-order valence-electron chi connectivity index (χ4n) is 1.08. The second-order valence-electron chi connectivity index (χ2n) is 3.26. The van der Waals surface area contributed by atoms with Crippen LogP contribution in [-0.2, 0) is 11.3 Å². The maximum absolute atomic E-state index is 11.3. The number of amides is 2. The van der Waals surface area contributed by atoms with Crippen molar-refractivity contribution >= 4 is 12.0 Å². The van der Waals surface area contributed by atoms with Crippen molar-refractivity contribution in [1.29, 1.82) is 0 Å². The van der Waals surface area contributed by atoms with Crippen molar-refractivity contribution in [3.8, 4) is 0 Å². The minimum absolute atomic E-state index is 0.234. The van der Waals surface area contributed by atoms with Gasteiger partial charge < -0.3 is 20.8 Å². The van der Waals surface area contributed by atoms with Crippen LogP contribution in [0.5, 0.6) is 0 Å². The molecule has 7 nitrogen and oxygen atoms in total. The van der Waals surface area contributed by atoms with E-state index in [1.807, 2.05) is 0 Å². The number of nitrogens with zero attached hydrogens (tertiary/aromatic N) is 1. The van der Waals surface area contributed by atoms with Gasteiger partial charge in [0, 0.05) is 18.9 Å². The molecule has 17 heavy (non-hydrogen) atoms. The Morgan fingerprint density at radius 3 is 2.76 bits per heavy atom. The van der Waals surface area contributed by atoms with Crippen LogP contribution in [0.25, 0.3) is 0 Å². The lowest BCUT2D eigenvalue weighted by Crippen LogP contribution is -2.47. The molecule has 0 saturated heterocycles. The van der Waals surface area contributed by atoms with E-state index in [4.69, 9.17) is 10.2 Å². The third-order valence-electron chi connectivity index (χ3n) is 1.96. The molecule has 2 amide bonds. The van der Waals surface area contributed by atoms with Crippen LogP contribution in [0.4, 0.5) is 4.79 Å². The Balaban J connectivity index is 2.37. The van der Waals surface area contributed by atoms with E-state index >= 15 is 0 Å². The molecule has 0 aliphatic carbocycles. The van der Waals surface area contributed by atoms with Crippen molar-refractivity contribution in [1.82, 2.24) is 15.6 Å². The monoisotopic (exact) mass is 239 g/mol. The normalized spacial score (nSPS) is 11.6. The van der Waals surface area contributed by atoms with Crippen molar-refractivity contribution in [2.24, 2.45) is 0 Å². The summed E-state index contributed by atoms with van der Waals surface area (Å²) in [6.45, 7) is -0.424. The van der Waals surface area contributed by atoms with Crippen LogP contribution in [0.3, 0.4) is 0 Å². The number of aliphatic carboxylic acids is 1. The van der Waals surface area contributed by atoms with Crippen LogP contribution >= 0.6 is 0 Å². The molecule has 0 aromatic carbocycles. The van der Waals surface area contributed by atoms with Gasteiger partial charge in [-0.05, 0) is 11.6 Å². The van der Waals surface area contributed by atoms with Gasteiger partial charge in [-0.2, -0.15) is 0 Å². The highest BCUT2D eigenvalue weighted by atomic mass is 16.4. The molecule has 0 spiro atoms. The highest BCUT2D eigenvalue weighted by Gasteiger charge is 2.18. The molecular formula is C10H13N3O4. The first-order valence-corrected chi connectivity index (χ1v) is 4.90. The van der Waals surface area contributed by atoms with E-state index < -0.39 is 24.6 Å². The van der Waals surface area contributed by atoms with Gasteiger partial charge in [0.1, 0.15) is 0 Å². The Bertz CT molecular complexity index is 382. The fraction of sp³-hybridized carbons (Fsp3) is 0.300. The van der Waals surface area contributed by atoms with E-state index in [0.29, 0.717) is 0 Å². The molecule has 0 fully saturated rings. The summed E-state index contributed by atoms with van der Waals surface area (Å²) in [5.41, 5.74) is 0.790. The summed E-state index contributed by atoms with van der Waals surface area (Å²) in [6, 6.07) is 1.54. The van der Waals surface area contributed by atoms with Crippen LogP contribution in [0, 0.1) is 0 Å².